The molecule has 0 bridgehead atoms. The molecule has 1 saturated carbocycles. The zero-order valence-corrected chi connectivity index (χ0v) is 13.2. The normalized spacial score (nSPS) is 21.7. The average Bonchev–Trinajstić information content (AvgIpc) is 2.81. The van der Waals surface area contributed by atoms with E-state index in [1.807, 2.05) is 0 Å². The molecule has 18 heavy (non-hydrogen) atoms. The maximum atomic E-state index is 3.41. The summed E-state index contributed by atoms with van der Waals surface area (Å²) in [6, 6.07) is 0. The molecule has 1 aliphatic heterocycles. The average molecular weight is 298 g/mol. The summed E-state index contributed by atoms with van der Waals surface area (Å²) in [7, 11) is 2.29. The zero-order chi connectivity index (χ0) is 11.2. The van der Waals surface area contributed by atoms with Crippen molar-refractivity contribution in [2.45, 2.75) is 25.7 Å². The Balaban J connectivity index is 0.00000144. The van der Waals surface area contributed by atoms with Crippen LogP contribution in [-0.2, 0) is 0 Å². The lowest BCUT2D eigenvalue weighted by Crippen LogP contribution is -2.46. The maximum Gasteiger partial charge on any atom is 0.0110 e. The Bertz CT molecular complexity index is 193. The highest BCUT2D eigenvalue weighted by atomic mass is 35.5. The first-order valence-corrected chi connectivity index (χ1v) is 6.96. The van der Waals surface area contributed by atoms with Crippen LogP contribution in [0.1, 0.15) is 25.7 Å². The largest absolute Gasteiger partial charge is 0.314 e. The van der Waals surface area contributed by atoms with Gasteiger partial charge in [-0.1, -0.05) is 12.8 Å². The second-order valence-electron chi connectivity index (χ2n) is 5.50. The SMILES string of the molecule is CN(CCN1CCNCC1)CC1CCCC1.Cl.Cl. The first-order chi connectivity index (χ1) is 7.84. The van der Waals surface area contributed by atoms with E-state index < -0.39 is 0 Å². The van der Waals surface area contributed by atoms with E-state index in [0.717, 1.165) is 5.92 Å². The third-order valence-electron chi connectivity index (χ3n) is 4.05. The van der Waals surface area contributed by atoms with E-state index in [0.29, 0.717) is 0 Å². The Hall–Kier alpha value is 0.460. The fourth-order valence-corrected chi connectivity index (χ4v) is 2.97. The van der Waals surface area contributed by atoms with Gasteiger partial charge in [0.15, 0.2) is 0 Å². The van der Waals surface area contributed by atoms with Crippen molar-refractivity contribution >= 4 is 24.8 Å². The van der Waals surface area contributed by atoms with Gasteiger partial charge < -0.3 is 10.2 Å². The monoisotopic (exact) mass is 297 g/mol. The summed E-state index contributed by atoms with van der Waals surface area (Å²) < 4.78 is 0. The Morgan fingerprint density at radius 3 is 2.33 bits per heavy atom. The van der Waals surface area contributed by atoms with E-state index in [1.54, 1.807) is 0 Å². The van der Waals surface area contributed by atoms with Crippen LogP contribution in [0, 0.1) is 5.92 Å². The van der Waals surface area contributed by atoms with E-state index in [1.165, 1.54) is 71.5 Å². The van der Waals surface area contributed by atoms with Gasteiger partial charge in [-0.2, -0.15) is 0 Å². The van der Waals surface area contributed by atoms with E-state index in [2.05, 4.69) is 22.2 Å². The van der Waals surface area contributed by atoms with E-state index in [-0.39, 0.29) is 24.8 Å². The number of hydrogen-bond donors (Lipinski definition) is 1. The van der Waals surface area contributed by atoms with Crippen LogP contribution >= 0.6 is 24.8 Å². The Morgan fingerprint density at radius 1 is 1.11 bits per heavy atom. The summed E-state index contributed by atoms with van der Waals surface area (Å²) >= 11 is 0. The molecular formula is C13H29Cl2N3. The smallest absolute Gasteiger partial charge is 0.0110 e. The van der Waals surface area contributed by atoms with Gasteiger partial charge >= 0.3 is 0 Å². The summed E-state index contributed by atoms with van der Waals surface area (Å²) in [4.78, 5) is 5.12. The van der Waals surface area contributed by atoms with E-state index in [4.69, 9.17) is 0 Å². The van der Waals surface area contributed by atoms with Crippen LogP contribution in [-0.4, -0.2) is 62.7 Å². The minimum Gasteiger partial charge on any atom is -0.314 e. The molecular weight excluding hydrogens is 269 g/mol. The molecule has 0 aromatic rings. The van der Waals surface area contributed by atoms with Gasteiger partial charge in [-0.25, -0.2) is 0 Å². The Kier molecular flexibility index (Phi) is 10.5. The summed E-state index contributed by atoms with van der Waals surface area (Å²) in [5, 5.41) is 3.41. The summed E-state index contributed by atoms with van der Waals surface area (Å²) in [5.41, 5.74) is 0. The van der Waals surface area contributed by atoms with Gasteiger partial charge in [0.2, 0.25) is 0 Å². The molecule has 3 nitrogen and oxygen atoms in total. The van der Waals surface area contributed by atoms with Crippen LogP contribution in [0.2, 0.25) is 0 Å². The quantitative estimate of drug-likeness (QED) is 0.836. The Morgan fingerprint density at radius 2 is 1.72 bits per heavy atom. The maximum absolute atomic E-state index is 3.41. The number of halogens is 2. The molecule has 2 aliphatic rings. The highest BCUT2D eigenvalue weighted by Crippen LogP contribution is 2.24. The number of nitrogens with zero attached hydrogens (tertiary/aromatic N) is 2. The van der Waals surface area contributed by atoms with Crippen molar-refractivity contribution in [3.8, 4) is 0 Å². The molecule has 2 rings (SSSR count). The first kappa shape index (κ1) is 18.5. The molecule has 0 radical (unpaired) electrons. The minimum atomic E-state index is 0. The number of rotatable bonds is 5. The molecule has 2 fully saturated rings. The standard InChI is InChI=1S/C13H27N3.2ClH/c1-15(12-13-4-2-3-5-13)10-11-16-8-6-14-7-9-16;;/h13-14H,2-12H2,1H3;2*1H. The van der Waals surface area contributed by atoms with E-state index >= 15 is 0 Å². The van der Waals surface area contributed by atoms with Gasteiger partial charge in [0.05, 0.1) is 0 Å². The van der Waals surface area contributed by atoms with Gasteiger partial charge in [-0.15, -0.1) is 24.8 Å². The predicted octanol–water partition coefficient (Wildman–Crippen LogP) is 1.86. The third kappa shape index (κ3) is 6.58. The summed E-state index contributed by atoms with van der Waals surface area (Å²) in [6.45, 7) is 8.64. The van der Waals surface area contributed by atoms with Crippen molar-refractivity contribution < 1.29 is 0 Å². The summed E-state index contributed by atoms with van der Waals surface area (Å²) in [6.07, 6.45) is 5.88. The lowest BCUT2D eigenvalue weighted by molar-refractivity contribution is 0.193. The lowest BCUT2D eigenvalue weighted by Gasteiger charge is -2.29. The molecule has 0 amide bonds. The third-order valence-corrected chi connectivity index (χ3v) is 4.05. The molecule has 1 N–H and O–H groups in total. The van der Waals surface area contributed by atoms with Crippen molar-refractivity contribution in [1.82, 2.24) is 15.1 Å². The van der Waals surface area contributed by atoms with Crippen LogP contribution < -0.4 is 5.32 Å². The van der Waals surface area contributed by atoms with Crippen LogP contribution in [0.15, 0.2) is 0 Å². The number of piperazine rings is 1. The number of hydrogen-bond acceptors (Lipinski definition) is 3. The van der Waals surface area contributed by atoms with Crippen molar-refractivity contribution in [3.63, 3.8) is 0 Å². The van der Waals surface area contributed by atoms with Gasteiger partial charge in [0, 0.05) is 45.8 Å². The van der Waals surface area contributed by atoms with Crippen LogP contribution in [0.4, 0.5) is 0 Å². The number of likely N-dealkylation sites (N-methyl/N-ethyl adjacent to an activating group) is 1. The van der Waals surface area contributed by atoms with Crippen molar-refractivity contribution in [2.75, 3.05) is 52.9 Å². The Labute approximate surface area is 124 Å². The molecule has 1 aliphatic carbocycles. The highest BCUT2D eigenvalue weighted by molar-refractivity contribution is 5.85. The zero-order valence-electron chi connectivity index (χ0n) is 11.6. The predicted molar refractivity (Wildman–Crippen MR) is 83.3 cm³/mol. The molecule has 5 heteroatoms. The fraction of sp³-hybridized carbons (Fsp3) is 1.00. The second kappa shape index (κ2) is 10.3. The number of nitrogens with one attached hydrogen (secondary N) is 1. The van der Waals surface area contributed by atoms with Crippen LogP contribution in [0.25, 0.3) is 0 Å². The first-order valence-electron chi connectivity index (χ1n) is 6.96. The second-order valence-corrected chi connectivity index (χ2v) is 5.50. The molecule has 1 saturated heterocycles. The van der Waals surface area contributed by atoms with Crippen LogP contribution in [0.5, 0.6) is 0 Å². The molecule has 0 unspecified atom stereocenters. The van der Waals surface area contributed by atoms with Crippen LogP contribution in [0.3, 0.4) is 0 Å². The van der Waals surface area contributed by atoms with Crippen molar-refractivity contribution in [2.24, 2.45) is 5.92 Å². The molecule has 0 aromatic heterocycles. The minimum absolute atomic E-state index is 0. The van der Waals surface area contributed by atoms with Gasteiger partial charge in [-0.3, -0.25) is 4.90 Å². The molecule has 0 spiro atoms. The van der Waals surface area contributed by atoms with Crippen molar-refractivity contribution in [3.05, 3.63) is 0 Å². The topological polar surface area (TPSA) is 18.5 Å². The van der Waals surface area contributed by atoms with E-state index in [9.17, 15) is 0 Å². The highest BCUT2D eigenvalue weighted by Gasteiger charge is 2.17. The lowest BCUT2D eigenvalue weighted by atomic mass is 10.1. The van der Waals surface area contributed by atoms with Gasteiger partial charge in [-0.05, 0) is 25.8 Å². The molecule has 0 atom stereocenters. The van der Waals surface area contributed by atoms with Gasteiger partial charge in [0.25, 0.3) is 0 Å². The van der Waals surface area contributed by atoms with Crippen molar-refractivity contribution in [1.29, 1.82) is 0 Å². The van der Waals surface area contributed by atoms with Gasteiger partial charge in [0.1, 0.15) is 0 Å². The molecule has 110 valence electrons. The molecule has 1 heterocycles. The fourth-order valence-electron chi connectivity index (χ4n) is 2.97. The summed E-state index contributed by atoms with van der Waals surface area (Å²) in [5.74, 6) is 0.994. The molecule has 0 aromatic carbocycles.